The Hall–Kier alpha value is -1.86. The fourth-order valence-corrected chi connectivity index (χ4v) is 3.87. The normalized spacial score (nSPS) is 16.8. The Bertz CT molecular complexity index is 756. The molecular weight excluding hydrogens is 348 g/mol. The zero-order chi connectivity index (χ0) is 18.5. The number of amides is 1. The molecule has 1 aromatic carbocycles. The van der Waals surface area contributed by atoms with Crippen LogP contribution in [0.2, 0.25) is 0 Å². The number of likely N-dealkylation sites (N-methyl/N-ethyl adjacent to an activating group) is 1. The lowest BCUT2D eigenvalue weighted by atomic mass is 10.1. The number of aromatic nitrogens is 3. The molecule has 26 heavy (non-hydrogen) atoms. The molecule has 0 spiro atoms. The van der Waals surface area contributed by atoms with Crippen molar-refractivity contribution in [3.8, 4) is 5.69 Å². The van der Waals surface area contributed by atoms with Crippen molar-refractivity contribution in [1.82, 2.24) is 19.7 Å². The summed E-state index contributed by atoms with van der Waals surface area (Å²) in [6.07, 6.45) is 4.01. The Kier molecular flexibility index (Phi) is 6.32. The lowest BCUT2D eigenvalue weighted by Crippen LogP contribution is -2.38. The second-order valence-electron chi connectivity index (χ2n) is 6.61. The highest BCUT2D eigenvalue weighted by Crippen LogP contribution is 2.22. The number of aryl methyl sites for hydroxylation is 2. The van der Waals surface area contributed by atoms with Gasteiger partial charge in [-0.3, -0.25) is 9.36 Å². The van der Waals surface area contributed by atoms with Gasteiger partial charge in [-0.25, -0.2) is 0 Å². The zero-order valence-corrected chi connectivity index (χ0v) is 16.5. The number of thioether (sulfide) groups is 1. The Labute approximate surface area is 158 Å². The van der Waals surface area contributed by atoms with E-state index in [-0.39, 0.29) is 12.0 Å². The maximum atomic E-state index is 12.6. The highest BCUT2D eigenvalue weighted by molar-refractivity contribution is 7.99. The first kappa shape index (κ1) is 18.9. The SMILES string of the molecule is CCN(C[C@H]1CCCO1)C(=O)CSc1nncn1-c1ccc(C)c(C)c1. The highest BCUT2D eigenvalue weighted by Gasteiger charge is 2.22. The van der Waals surface area contributed by atoms with Crippen LogP contribution in [-0.4, -0.2) is 57.1 Å². The number of ether oxygens (including phenoxy) is 1. The van der Waals surface area contributed by atoms with Gasteiger partial charge in [-0.05, 0) is 56.9 Å². The summed E-state index contributed by atoms with van der Waals surface area (Å²) in [5.41, 5.74) is 3.48. The van der Waals surface area contributed by atoms with E-state index in [1.807, 2.05) is 22.5 Å². The minimum Gasteiger partial charge on any atom is -0.376 e. The molecule has 2 aromatic rings. The van der Waals surface area contributed by atoms with Gasteiger partial charge < -0.3 is 9.64 Å². The van der Waals surface area contributed by atoms with Crippen LogP contribution in [0.4, 0.5) is 0 Å². The van der Waals surface area contributed by atoms with Crippen molar-refractivity contribution >= 4 is 17.7 Å². The molecule has 0 N–H and O–H groups in total. The van der Waals surface area contributed by atoms with Crippen molar-refractivity contribution in [3.05, 3.63) is 35.7 Å². The molecule has 140 valence electrons. The fraction of sp³-hybridized carbons (Fsp3) is 0.526. The first-order valence-corrected chi connectivity index (χ1v) is 10.1. The largest absolute Gasteiger partial charge is 0.376 e. The minimum atomic E-state index is 0.114. The molecule has 1 aliphatic heterocycles. The molecule has 1 saturated heterocycles. The molecule has 0 radical (unpaired) electrons. The number of hydrogen-bond acceptors (Lipinski definition) is 5. The van der Waals surface area contributed by atoms with Crippen molar-refractivity contribution in [1.29, 1.82) is 0 Å². The van der Waals surface area contributed by atoms with Gasteiger partial charge in [0.05, 0.1) is 11.9 Å². The first-order valence-electron chi connectivity index (χ1n) is 9.08. The van der Waals surface area contributed by atoms with Gasteiger partial charge in [-0.2, -0.15) is 0 Å². The molecule has 0 unspecified atom stereocenters. The molecule has 2 heterocycles. The third-order valence-electron chi connectivity index (χ3n) is 4.79. The molecule has 6 nitrogen and oxygen atoms in total. The number of nitrogens with zero attached hydrogens (tertiary/aromatic N) is 4. The van der Waals surface area contributed by atoms with Crippen LogP contribution in [0.5, 0.6) is 0 Å². The summed E-state index contributed by atoms with van der Waals surface area (Å²) in [6.45, 7) is 8.37. The van der Waals surface area contributed by atoms with Gasteiger partial charge >= 0.3 is 0 Å². The summed E-state index contributed by atoms with van der Waals surface area (Å²) >= 11 is 1.43. The third kappa shape index (κ3) is 4.45. The predicted octanol–water partition coefficient (Wildman–Crippen LogP) is 3.00. The quantitative estimate of drug-likeness (QED) is 0.697. The Morgan fingerprint density at radius 2 is 2.23 bits per heavy atom. The van der Waals surface area contributed by atoms with E-state index in [9.17, 15) is 4.79 Å². The number of hydrogen-bond donors (Lipinski definition) is 0. The number of carbonyl (C=O) groups is 1. The van der Waals surface area contributed by atoms with Crippen LogP contribution in [0, 0.1) is 13.8 Å². The summed E-state index contributed by atoms with van der Waals surface area (Å²) in [5, 5.41) is 8.94. The zero-order valence-electron chi connectivity index (χ0n) is 15.6. The predicted molar refractivity (Wildman–Crippen MR) is 103 cm³/mol. The van der Waals surface area contributed by atoms with Gasteiger partial charge in [-0.15, -0.1) is 10.2 Å². The van der Waals surface area contributed by atoms with E-state index in [2.05, 4.69) is 36.2 Å². The number of carbonyl (C=O) groups excluding carboxylic acids is 1. The van der Waals surface area contributed by atoms with E-state index < -0.39 is 0 Å². The van der Waals surface area contributed by atoms with E-state index >= 15 is 0 Å². The van der Waals surface area contributed by atoms with Crippen LogP contribution in [0.3, 0.4) is 0 Å². The van der Waals surface area contributed by atoms with Crippen molar-refractivity contribution in [2.75, 3.05) is 25.4 Å². The Morgan fingerprint density at radius 3 is 2.92 bits per heavy atom. The maximum absolute atomic E-state index is 12.6. The molecule has 1 aliphatic rings. The molecule has 1 amide bonds. The summed E-state index contributed by atoms with van der Waals surface area (Å²) in [6, 6.07) is 6.25. The lowest BCUT2D eigenvalue weighted by molar-refractivity contribution is -0.129. The molecule has 1 aromatic heterocycles. The van der Waals surface area contributed by atoms with E-state index in [0.29, 0.717) is 18.8 Å². The Balaban J connectivity index is 1.63. The molecular formula is C19H26N4O2S. The van der Waals surface area contributed by atoms with Gasteiger partial charge in [0.1, 0.15) is 6.33 Å². The van der Waals surface area contributed by atoms with Gasteiger partial charge in [-0.1, -0.05) is 17.8 Å². The average molecular weight is 375 g/mol. The molecule has 1 atom stereocenters. The summed E-state index contributed by atoms with van der Waals surface area (Å²) < 4.78 is 7.59. The first-order chi connectivity index (χ1) is 12.6. The van der Waals surface area contributed by atoms with Gasteiger partial charge in [0, 0.05) is 25.4 Å². The van der Waals surface area contributed by atoms with Crippen LogP contribution in [0.1, 0.15) is 30.9 Å². The van der Waals surface area contributed by atoms with E-state index in [4.69, 9.17) is 4.74 Å². The summed E-state index contributed by atoms with van der Waals surface area (Å²) in [5.74, 6) is 0.465. The number of benzene rings is 1. The van der Waals surface area contributed by atoms with E-state index in [1.54, 1.807) is 6.33 Å². The summed E-state index contributed by atoms with van der Waals surface area (Å²) in [4.78, 5) is 14.5. The maximum Gasteiger partial charge on any atom is 0.233 e. The van der Waals surface area contributed by atoms with Gasteiger partial charge in [0.25, 0.3) is 0 Å². The molecule has 0 saturated carbocycles. The van der Waals surface area contributed by atoms with Crippen LogP contribution < -0.4 is 0 Å². The van der Waals surface area contributed by atoms with E-state index in [0.717, 1.165) is 30.3 Å². The lowest BCUT2D eigenvalue weighted by Gasteiger charge is -2.23. The second kappa shape index (κ2) is 8.68. The highest BCUT2D eigenvalue weighted by atomic mass is 32.2. The topological polar surface area (TPSA) is 60.2 Å². The van der Waals surface area contributed by atoms with Gasteiger partial charge in [0.15, 0.2) is 5.16 Å². The molecule has 3 rings (SSSR count). The second-order valence-corrected chi connectivity index (χ2v) is 7.55. The van der Waals surface area contributed by atoms with Gasteiger partial charge in [0.2, 0.25) is 5.91 Å². The molecule has 0 bridgehead atoms. The molecule has 0 aliphatic carbocycles. The number of rotatable bonds is 7. The smallest absolute Gasteiger partial charge is 0.233 e. The summed E-state index contributed by atoms with van der Waals surface area (Å²) in [7, 11) is 0. The Morgan fingerprint density at radius 1 is 1.38 bits per heavy atom. The monoisotopic (exact) mass is 374 g/mol. The van der Waals surface area contributed by atoms with Crippen LogP contribution in [0.15, 0.2) is 29.7 Å². The molecule has 1 fully saturated rings. The third-order valence-corrected chi connectivity index (χ3v) is 5.72. The fourth-order valence-electron chi connectivity index (χ4n) is 3.03. The van der Waals surface area contributed by atoms with Crippen LogP contribution in [-0.2, 0) is 9.53 Å². The van der Waals surface area contributed by atoms with Crippen molar-refractivity contribution < 1.29 is 9.53 Å². The van der Waals surface area contributed by atoms with Crippen LogP contribution >= 0.6 is 11.8 Å². The molecule has 7 heteroatoms. The standard InChI is InChI=1S/C19H26N4O2S/c1-4-22(11-17-6-5-9-25-17)18(24)12-26-19-21-20-13-23(19)16-8-7-14(2)15(3)10-16/h7-8,10,13,17H,4-6,9,11-12H2,1-3H3/t17-/m1/s1. The average Bonchev–Trinajstić information content (AvgIpc) is 3.31. The van der Waals surface area contributed by atoms with E-state index in [1.165, 1.54) is 22.9 Å². The van der Waals surface area contributed by atoms with Crippen LogP contribution in [0.25, 0.3) is 5.69 Å². The van der Waals surface area contributed by atoms with Crippen molar-refractivity contribution in [2.45, 2.75) is 44.9 Å². The van der Waals surface area contributed by atoms with Crippen molar-refractivity contribution in [3.63, 3.8) is 0 Å². The minimum absolute atomic E-state index is 0.114. The van der Waals surface area contributed by atoms with Crippen molar-refractivity contribution in [2.24, 2.45) is 0 Å².